The maximum Gasteiger partial charge on any atom is 0.264 e. The SMILES string of the molecule is COc1ccc2c(O[C@@H]3C[C@@H](C(=O)N[C@]45CC4CCCCCCCCOc4cccc(c4)S(=O)(=O)NC5=O)N(C(C)=O)C3)cc(-c3ccccc3)nc2c1. The highest BCUT2D eigenvalue weighted by Crippen LogP contribution is 2.48. The number of fused-ring (bicyclic) bond motifs is 4. The summed E-state index contributed by atoms with van der Waals surface area (Å²) in [6.45, 7) is 2.01. The number of nitrogens with zero attached hydrogens (tertiary/aromatic N) is 2. The van der Waals surface area contributed by atoms with Crippen LogP contribution in [0, 0.1) is 5.92 Å². The number of hydrogen-bond acceptors (Lipinski definition) is 9. The Hall–Kier alpha value is -5.17. The van der Waals surface area contributed by atoms with Gasteiger partial charge < -0.3 is 24.4 Å². The second-order valence-corrected chi connectivity index (χ2v) is 16.1. The van der Waals surface area contributed by atoms with Gasteiger partial charge in [0.1, 0.15) is 34.9 Å². The fourth-order valence-electron chi connectivity index (χ4n) is 7.68. The molecule has 284 valence electrons. The van der Waals surface area contributed by atoms with E-state index in [1.165, 1.54) is 24.0 Å². The van der Waals surface area contributed by atoms with E-state index in [4.69, 9.17) is 19.2 Å². The number of carbonyl (C=O) groups excluding carboxylic acids is 3. The third-order valence-electron chi connectivity index (χ3n) is 10.7. The maximum atomic E-state index is 14.2. The predicted molar refractivity (Wildman–Crippen MR) is 203 cm³/mol. The summed E-state index contributed by atoms with van der Waals surface area (Å²) in [6.07, 6.45) is 6.31. The fraction of sp³-hybridized carbons (Fsp3) is 0.415. The molecule has 3 aromatic carbocycles. The Bertz CT molecular complexity index is 2150. The van der Waals surface area contributed by atoms with Crippen LogP contribution in [0.1, 0.15) is 64.7 Å². The van der Waals surface area contributed by atoms with Crippen LogP contribution in [0.15, 0.2) is 83.8 Å². The van der Waals surface area contributed by atoms with E-state index in [1.807, 2.05) is 54.6 Å². The standard InChI is InChI=1S/C41H46N4O8S/c1-27(46)45-26-32(53-38-24-35(28-13-8-7-9-14-28)42-36-22-30(51-2)18-19-34(36)38)23-37(45)39(47)43-41-25-29(41)15-10-5-3-4-6-11-20-52-31-16-12-17-33(21-31)54(49,50)44-40(41)48/h7-9,12-14,16-19,21-22,24,29,32,37H,3-6,10-11,15,20,23,25-26H2,1-2H3,(H,43,47)(H,44,48)/t29?,32-,37+,41-/m1/s1. The number of sulfonamides is 1. The van der Waals surface area contributed by atoms with Gasteiger partial charge in [-0.15, -0.1) is 0 Å². The molecule has 3 aliphatic rings. The van der Waals surface area contributed by atoms with Crippen LogP contribution in [-0.4, -0.2) is 74.0 Å². The summed E-state index contributed by atoms with van der Waals surface area (Å²) in [5, 5.41) is 3.69. The zero-order chi connectivity index (χ0) is 37.9. The lowest BCUT2D eigenvalue weighted by atomic mass is 10.0. The number of methoxy groups -OCH3 is 1. The van der Waals surface area contributed by atoms with E-state index < -0.39 is 39.5 Å². The molecule has 13 heteroatoms. The highest BCUT2D eigenvalue weighted by atomic mass is 32.2. The lowest BCUT2D eigenvalue weighted by Crippen LogP contribution is -2.56. The molecule has 1 aromatic heterocycles. The smallest absolute Gasteiger partial charge is 0.264 e. The Morgan fingerprint density at radius 1 is 0.963 bits per heavy atom. The van der Waals surface area contributed by atoms with E-state index in [9.17, 15) is 22.8 Å². The van der Waals surface area contributed by atoms with Gasteiger partial charge in [0.25, 0.3) is 15.9 Å². The van der Waals surface area contributed by atoms with Crippen LogP contribution in [0.2, 0.25) is 0 Å². The summed E-state index contributed by atoms with van der Waals surface area (Å²) < 4.78 is 47.1. The molecule has 12 nitrogen and oxygen atoms in total. The molecular formula is C41H46N4O8S. The van der Waals surface area contributed by atoms with Gasteiger partial charge in [0.2, 0.25) is 11.8 Å². The van der Waals surface area contributed by atoms with E-state index in [0.717, 1.165) is 49.5 Å². The van der Waals surface area contributed by atoms with Crippen LogP contribution in [0.3, 0.4) is 0 Å². The quantitative estimate of drug-likeness (QED) is 0.250. The molecule has 1 saturated heterocycles. The monoisotopic (exact) mass is 754 g/mol. The number of amides is 3. The first-order chi connectivity index (χ1) is 26.1. The Balaban J connectivity index is 1.13. The Kier molecular flexibility index (Phi) is 10.8. The van der Waals surface area contributed by atoms with Gasteiger partial charge in [-0.1, -0.05) is 68.5 Å². The van der Waals surface area contributed by atoms with E-state index in [2.05, 4.69) is 10.0 Å². The van der Waals surface area contributed by atoms with Gasteiger partial charge in [0, 0.05) is 42.5 Å². The lowest BCUT2D eigenvalue weighted by molar-refractivity contribution is -0.138. The van der Waals surface area contributed by atoms with Crippen molar-refractivity contribution in [2.24, 2.45) is 5.92 Å². The number of hydrogen-bond donors (Lipinski definition) is 2. The number of nitrogens with one attached hydrogen (secondary N) is 2. The third-order valence-corrected chi connectivity index (χ3v) is 12.1. The first-order valence-corrected chi connectivity index (χ1v) is 20.1. The van der Waals surface area contributed by atoms with E-state index in [-0.39, 0.29) is 29.7 Å². The molecule has 4 atom stereocenters. The first-order valence-electron chi connectivity index (χ1n) is 18.7. The van der Waals surface area contributed by atoms with Gasteiger partial charge in [-0.3, -0.25) is 14.4 Å². The number of ether oxygens (including phenoxy) is 3. The average Bonchev–Trinajstić information content (AvgIpc) is 3.69. The summed E-state index contributed by atoms with van der Waals surface area (Å²) >= 11 is 0. The average molecular weight is 755 g/mol. The van der Waals surface area contributed by atoms with Crippen LogP contribution >= 0.6 is 0 Å². The van der Waals surface area contributed by atoms with Crippen LogP contribution in [-0.2, 0) is 24.4 Å². The first kappa shape index (κ1) is 37.2. The van der Waals surface area contributed by atoms with Gasteiger partial charge in [-0.2, -0.15) is 0 Å². The molecule has 2 bridgehead atoms. The summed E-state index contributed by atoms with van der Waals surface area (Å²) in [6, 6.07) is 22.2. The molecule has 1 aliphatic carbocycles. The van der Waals surface area contributed by atoms with Crippen molar-refractivity contribution in [2.75, 3.05) is 20.3 Å². The van der Waals surface area contributed by atoms with Crippen molar-refractivity contribution in [1.29, 1.82) is 0 Å². The van der Waals surface area contributed by atoms with Crippen LogP contribution in [0.5, 0.6) is 17.2 Å². The molecule has 4 aromatic rings. The molecule has 2 aliphatic heterocycles. The van der Waals surface area contributed by atoms with Crippen LogP contribution in [0.4, 0.5) is 0 Å². The summed E-state index contributed by atoms with van der Waals surface area (Å²) in [4.78, 5) is 47.4. The second-order valence-electron chi connectivity index (χ2n) is 14.4. The molecule has 3 heterocycles. The largest absolute Gasteiger partial charge is 0.497 e. The summed E-state index contributed by atoms with van der Waals surface area (Å²) in [5.74, 6) is -0.293. The molecule has 1 unspecified atom stereocenters. The predicted octanol–water partition coefficient (Wildman–Crippen LogP) is 5.78. The number of benzene rings is 3. The normalized spacial score (nSPS) is 24.3. The minimum absolute atomic E-state index is 0.104. The highest BCUT2D eigenvalue weighted by molar-refractivity contribution is 7.90. The second kappa shape index (κ2) is 15.7. The minimum Gasteiger partial charge on any atom is -0.497 e. The molecule has 2 N–H and O–H groups in total. The fourth-order valence-corrected chi connectivity index (χ4v) is 8.75. The Labute approximate surface area is 315 Å². The lowest BCUT2D eigenvalue weighted by Gasteiger charge is -2.26. The Morgan fingerprint density at radius 3 is 2.52 bits per heavy atom. The topological polar surface area (TPSA) is 153 Å². The van der Waals surface area contributed by atoms with Gasteiger partial charge in [0.05, 0.1) is 36.4 Å². The van der Waals surface area contributed by atoms with Crippen molar-refractivity contribution in [3.8, 4) is 28.5 Å². The number of carbonyl (C=O) groups is 3. The van der Waals surface area contributed by atoms with Crippen LogP contribution < -0.4 is 24.2 Å². The molecule has 54 heavy (non-hydrogen) atoms. The number of likely N-dealkylation sites (tertiary alicyclic amines) is 1. The van der Waals surface area contributed by atoms with Crippen molar-refractivity contribution >= 4 is 38.6 Å². The third kappa shape index (κ3) is 8.01. The van der Waals surface area contributed by atoms with Crippen molar-refractivity contribution in [1.82, 2.24) is 19.9 Å². The van der Waals surface area contributed by atoms with E-state index >= 15 is 0 Å². The van der Waals surface area contributed by atoms with Gasteiger partial charge in [-0.25, -0.2) is 18.1 Å². The Morgan fingerprint density at radius 2 is 1.74 bits per heavy atom. The summed E-state index contributed by atoms with van der Waals surface area (Å²) in [5.41, 5.74) is 0.816. The van der Waals surface area contributed by atoms with Crippen molar-refractivity contribution < 1.29 is 37.0 Å². The number of pyridine rings is 1. The molecule has 2 fully saturated rings. The molecule has 3 amide bonds. The zero-order valence-corrected chi connectivity index (χ0v) is 31.4. The number of aromatic nitrogens is 1. The van der Waals surface area contributed by atoms with Gasteiger partial charge >= 0.3 is 0 Å². The van der Waals surface area contributed by atoms with Crippen LogP contribution in [0.25, 0.3) is 22.2 Å². The molecular weight excluding hydrogens is 709 g/mol. The molecule has 7 rings (SSSR count). The van der Waals surface area contributed by atoms with E-state index in [1.54, 1.807) is 19.2 Å². The van der Waals surface area contributed by atoms with E-state index in [0.29, 0.717) is 47.9 Å². The number of rotatable bonds is 6. The summed E-state index contributed by atoms with van der Waals surface area (Å²) in [7, 11) is -2.69. The molecule has 0 radical (unpaired) electrons. The maximum absolute atomic E-state index is 14.2. The van der Waals surface area contributed by atoms with Crippen molar-refractivity contribution in [3.05, 3.63) is 78.9 Å². The molecule has 1 saturated carbocycles. The highest BCUT2D eigenvalue weighted by Gasteiger charge is 2.62. The minimum atomic E-state index is -4.28. The van der Waals surface area contributed by atoms with Gasteiger partial charge in [-0.05, 0) is 49.4 Å². The molecule has 0 spiro atoms. The van der Waals surface area contributed by atoms with Gasteiger partial charge in [0.15, 0.2) is 0 Å². The van der Waals surface area contributed by atoms with Crippen molar-refractivity contribution in [2.45, 2.75) is 87.3 Å². The zero-order valence-electron chi connectivity index (χ0n) is 30.6. The van der Waals surface area contributed by atoms with Crippen molar-refractivity contribution in [3.63, 3.8) is 0 Å².